The second-order valence-corrected chi connectivity index (χ2v) is 3.31. The monoisotopic (exact) mass is 192 g/mol. The third kappa shape index (κ3) is 1.62. The van der Waals surface area contributed by atoms with Gasteiger partial charge in [0.1, 0.15) is 0 Å². The number of carbonyl (C=O) groups is 2. The van der Waals surface area contributed by atoms with Crippen molar-refractivity contribution >= 4 is 34.5 Å². The van der Waals surface area contributed by atoms with Gasteiger partial charge in [-0.25, -0.2) is 0 Å². The Morgan fingerprint density at radius 3 is 2.55 bits per heavy atom. The molecule has 0 saturated carbocycles. The lowest BCUT2D eigenvalue weighted by molar-refractivity contribution is -0.150. The topological polar surface area (TPSA) is 40.6 Å². The van der Waals surface area contributed by atoms with Crippen molar-refractivity contribution in [2.24, 2.45) is 0 Å². The molecular formula is C5H8N2O2S2. The largest absolute Gasteiger partial charge is 0.336 e. The molecule has 0 spiro atoms. The standard InChI is InChI=1S/C5H8N2O2S2/c1-6-2-3-7(11-10)5(9)4(6)8/h10H,2-3H2,1H3. The quantitative estimate of drug-likeness (QED) is 0.270. The molecular weight excluding hydrogens is 184 g/mol. The molecule has 0 aromatic rings. The van der Waals surface area contributed by atoms with Gasteiger partial charge in [-0.2, -0.15) is 0 Å². The first-order chi connectivity index (χ1) is 5.16. The van der Waals surface area contributed by atoms with Crippen LogP contribution in [0.4, 0.5) is 0 Å². The number of thiol groups is 1. The van der Waals surface area contributed by atoms with E-state index >= 15 is 0 Å². The van der Waals surface area contributed by atoms with Crippen LogP contribution in [0.1, 0.15) is 0 Å². The second-order valence-electron chi connectivity index (χ2n) is 2.22. The van der Waals surface area contributed by atoms with Crippen LogP contribution in [-0.4, -0.2) is 41.2 Å². The van der Waals surface area contributed by atoms with E-state index in [4.69, 9.17) is 0 Å². The van der Waals surface area contributed by atoms with E-state index in [1.54, 1.807) is 7.05 Å². The highest BCUT2D eigenvalue weighted by atomic mass is 33.1. The Morgan fingerprint density at radius 2 is 2.00 bits per heavy atom. The van der Waals surface area contributed by atoms with Gasteiger partial charge in [0.25, 0.3) is 0 Å². The summed E-state index contributed by atoms with van der Waals surface area (Å²) in [5.41, 5.74) is 0. The number of hydrogen-bond acceptors (Lipinski definition) is 4. The molecule has 2 amide bonds. The molecule has 1 heterocycles. The van der Waals surface area contributed by atoms with E-state index in [0.29, 0.717) is 13.1 Å². The molecule has 6 heteroatoms. The normalized spacial score (nSPS) is 19.5. The molecule has 1 rings (SSSR count). The van der Waals surface area contributed by atoms with Gasteiger partial charge in [-0.15, -0.1) is 0 Å². The van der Waals surface area contributed by atoms with Crippen LogP contribution in [0.15, 0.2) is 0 Å². The molecule has 0 aromatic carbocycles. The summed E-state index contributed by atoms with van der Waals surface area (Å²) in [7, 11) is 2.60. The summed E-state index contributed by atoms with van der Waals surface area (Å²) in [5.74, 6) is -0.948. The third-order valence-corrected chi connectivity index (χ3v) is 2.63. The first-order valence-corrected chi connectivity index (χ1v) is 4.88. The first-order valence-electron chi connectivity index (χ1n) is 3.05. The third-order valence-electron chi connectivity index (χ3n) is 1.49. The van der Waals surface area contributed by atoms with Gasteiger partial charge in [0, 0.05) is 24.6 Å². The molecule has 0 radical (unpaired) electrons. The van der Waals surface area contributed by atoms with E-state index in [1.807, 2.05) is 0 Å². The van der Waals surface area contributed by atoms with Gasteiger partial charge in [-0.1, -0.05) is 11.7 Å². The summed E-state index contributed by atoms with van der Waals surface area (Å²) in [4.78, 5) is 23.4. The summed E-state index contributed by atoms with van der Waals surface area (Å²) < 4.78 is 1.34. The van der Waals surface area contributed by atoms with Gasteiger partial charge in [0.2, 0.25) is 0 Å². The maximum atomic E-state index is 11.0. The second kappa shape index (κ2) is 3.36. The van der Waals surface area contributed by atoms with Crippen molar-refractivity contribution in [2.45, 2.75) is 0 Å². The van der Waals surface area contributed by atoms with Crippen LogP contribution in [-0.2, 0) is 9.59 Å². The van der Waals surface area contributed by atoms with Gasteiger partial charge in [-0.05, 0) is 0 Å². The van der Waals surface area contributed by atoms with Gasteiger partial charge in [0.15, 0.2) is 0 Å². The van der Waals surface area contributed by atoms with Crippen LogP contribution < -0.4 is 0 Å². The van der Waals surface area contributed by atoms with Gasteiger partial charge in [0.05, 0.1) is 6.54 Å². The molecule has 0 atom stereocenters. The average Bonchev–Trinajstić information content (AvgIpc) is 2.01. The van der Waals surface area contributed by atoms with Crippen molar-refractivity contribution in [1.82, 2.24) is 9.21 Å². The lowest BCUT2D eigenvalue weighted by atomic mass is 10.4. The Labute approximate surface area is 73.8 Å². The summed E-state index contributed by atoms with van der Waals surface area (Å²) in [6, 6.07) is 0. The minimum Gasteiger partial charge on any atom is -0.336 e. The van der Waals surface area contributed by atoms with Crippen LogP contribution in [0, 0.1) is 0 Å². The highest BCUT2D eigenvalue weighted by molar-refractivity contribution is 8.67. The molecule has 11 heavy (non-hydrogen) atoms. The summed E-state index contributed by atoms with van der Waals surface area (Å²) in [6.45, 7) is 1.13. The van der Waals surface area contributed by atoms with Crippen molar-refractivity contribution in [1.29, 1.82) is 0 Å². The van der Waals surface area contributed by atoms with E-state index in [9.17, 15) is 9.59 Å². The molecule has 0 unspecified atom stereocenters. The lowest BCUT2D eigenvalue weighted by Crippen LogP contribution is -2.49. The molecule has 1 aliphatic heterocycles. The van der Waals surface area contributed by atoms with E-state index < -0.39 is 11.8 Å². The number of nitrogens with zero attached hydrogens (tertiary/aromatic N) is 2. The fourth-order valence-electron chi connectivity index (χ4n) is 0.792. The van der Waals surface area contributed by atoms with E-state index in [0.717, 1.165) is 11.0 Å². The Morgan fingerprint density at radius 1 is 1.36 bits per heavy atom. The smallest absolute Gasteiger partial charge is 0.322 e. The summed E-state index contributed by atoms with van der Waals surface area (Å²) in [6.07, 6.45) is 0. The zero-order chi connectivity index (χ0) is 8.43. The molecule has 1 fully saturated rings. The predicted molar refractivity (Wildman–Crippen MR) is 45.9 cm³/mol. The fourth-order valence-corrected chi connectivity index (χ4v) is 1.57. The highest BCUT2D eigenvalue weighted by Gasteiger charge is 2.29. The van der Waals surface area contributed by atoms with Gasteiger partial charge < -0.3 is 4.90 Å². The summed E-state index contributed by atoms with van der Waals surface area (Å²) >= 11 is 3.84. The van der Waals surface area contributed by atoms with Crippen molar-refractivity contribution in [3.05, 3.63) is 0 Å². The number of amides is 2. The molecule has 62 valence electrons. The summed E-state index contributed by atoms with van der Waals surface area (Å²) in [5, 5.41) is 0. The fraction of sp³-hybridized carbons (Fsp3) is 0.600. The molecule has 0 N–H and O–H groups in total. The van der Waals surface area contributed by atoms with Gasteiger partial charge in [-0.3, -0.25) is 13.9 Å². The van der Waals surface area contributed by atoms with Crippen LogP contribution in [0.25, 0.3) is 0 Å². The Hall–Kier alpha value is -0.360. The number of hydrogen-bond donors (Lipinski definition) is 1. The zero-order valence-corrected chi connectivity index (χ0v) is 7.69. The maximum absolute atomic E-state index is 11.0. The van der Waals surface area contributed by atoms with Crippen LogP contribution in [0.3, 0.4) is 0 Å². The molecule has 0 aliphatic carbocycles. The Kier molecular flexibility index (Phi) is 2.67. The van der Waals surface area contributed by atoms with Crippen LogP contribution in [0.2, 0.25) is 0 Å². The molecule has 0 aromatic heterocycles. The van der Waals surface area contributed by atoms with E-state index in [1.165, 1.54) is 9.21 Å². The highest BCUT2D eigenvalue weighted by Crippen LogP contribution is 2.17. The molecule has 1 saturated heterocycles. The van der Waals surface area contributed by atoms with Crippen LogP contribution >= 0.6 is 22.6 Å². The van der Waals surface area contributed by atoms with E-state index in [-0.39, 0.29) is 0 Å². The van der Waals surface area contributed by atoms with Crippen molar-refractivity contribution in [3.8, 4) is 0 Å². The predicted octanol–water partition coefficient (Wildman–Crippen LogP) is -0.220. The van der Waals surface area contributed by atoms with Gasteiger partial charge >= 0.3 is 11.8 Å². The number of rotatable bonds is 1. The minimum absolute atomic E-state index is 0.460. The van der Waals surface area contributed by atoms with E-state index in [2.05, 4.69) is 11.7 Å². The molecule has 4 nitrogen and oxygen atoms in total. The maximum Gasteiger partial charge on any atom is 0.322 e. The molecule has 1 aliphatic rings. The first kappa shape index (κ1) is 8.73. The Balaban J connectivity index is 2.67. The SMILES string of the molecule is CN1CCN(SS)C(=O)C1=O. The number of likely N-dealkylation sites (N-methyl/N-ethyl adjacent to an activating group) is 1. The molecule has 0 bridgehead atoms. The van der Waals surface area contributed by atoms with Crippen LogP contribution in [0.5, 0.6) is 0 Å². The number of carbonyl (C=O) groups excluding carboxylic acids is 2. The average molecular weight is 192 g/mol. The Bertz CT molecular complexity index is 197. The lowest BCUT2D eigenvalue weighted by Gasteiger charge is -2.28. The zero-order valence-electron chi connectivity index (χ0n) is 5.98. The minimum atomic E-state index is -0.487. The van der Waals surface area contributed by atoms with Crippen molar-refractivity contribution in [2.75, 3.05) is 20.1 Å². The number of piperazine rings is 1. The van der Waals surface area contributed by atoms with Crippen molar-refractivity contribution in [3.63, 3.8) is 0 Å². The van der Waals surface area contributed by atoms with Crippen molar-refractivity contribution < 1.29 is 9.59 Å².